The number of aliphatic hydroxyl groups is 1. The summed E-state index contributed by atoms with van der Waals surface area (Å²) in [7, 11) is 0. The summed E-state index contributed by atoms with van der Waals surface area (Å²) in [6.45, 7) is 0.978. The number of carbonyl (C=O) groups is 1. The van der Waals surface area contributed by atoms with Crippen molar-refractivity contribution in [3.63, 3.8) is 0 Å². The highest BCUT2D eigenvalue weighted by molar-refractivity contribution is 8.00. The van der Waals surface area contributed by atoms with Gasteiger partial charge in [0.25, 0.3) is 0 Å². The van der Waals surface area contributed by atoms with Gasteiger partial charge >= 0.3 is 0 Å². The van der Waals surface area contributed by atoms with Crippen molar-refractivity contribution in [2.45, 2.75) is 16.7 Å². The molecule has 1 amide bonds. The Morgan fingerprint density at radius 2 is 2.32 bits per heavy atom. The van der Waals surface area contributed by atoms with E-state index in [-0.39, 0.29) is 35.7 Å². The summed E-state index contributed by atoms with van der Waals surface area (Å²) in [5.41, 5.74) is 5.61. The lowest BCUT2D eigenvalue weighted by Gasteiger charge is -2.38. The van der Waals surface area contributed by atoms with Crippen molar-refractivity contribution in [3.05, 3.63) is 5.69 Å². The highest BCUT2D eigenvalue weighted by Gasteiger charge is 2.32. The van der Waals surface area contributed by atoms with E-state index in [1.165, 1.54) is 11.8 Å². The predicted molar refractivity (Wildman–Crippen MR) is 64.7 cm³/mol. The maximum Gasteiger partial charge on any atom is 0.224 e. The van der Waals surface area contributed by atoms with Gasteiger partial charge in [0, 0.05) is 24.8 Å². The van der Waals surface area contributed by atoms with Crippen molar-refractivity contribution < 1.29 is 19.7 Å². The maximum absolute atomic E-state index is 11.4. The van der Waals surface area contributed by atoms with Crippen LogP contribution in [-0.2, 0) is 4.79 Å². The number of nitrogens with zero attached hydrogens (tertiary/aromatic N) is 4. The molecule has 0 radical (unpaired) electrons. The third-order valence-corrected chi connectivity index (χ3v) is 3.74. The summed E-state index contributed by atoms with van der Waals surface area (Å²) >= 11 is 1.35. The molecule has 0 bridgehead atoms. The molecule has 2 heterocycles. The molecule has 0 atom stereocenters. The molecule has 0 saturated carbocycles. The Morgan fingerprint density at radius 1 is 1.58 bits per heavy atom. The van der Waals surface area contributed by atoms with E-state index >= 15 is 0 Å². The number of nitrogens with two attached hydrogens (primary N) is 1. The van der Waals surface area contributed by atoms with Crippen LogP contribution in [0, 0.1) is 0 Å². The average Bonchev–Trinajstić information content (AvgIpc) is 2.80. The number of carbonyl (C=O) groups excluding carboxylic acids is 1. The fraction of sp³-hybridized carbons (Fsp3) is 0.556. The third-order valence-electron chi connectivity index (χ3n) is 2.61. The average molecular weight is 287 g/mol. The van der Waals surface area contributed by atoms with Crippen LogP contribution in [0.1, 0.15) is 12.1 Å². The highest BCUT2D eigenvalue weighted by Crippen LogP contribution is 2.30. The molecule has 0 spiro atoms. The zero-order chi connectivity index (χ0) is 13.8. The molecule has 1 aliphatic heterocycles. The second kappa shape index (κ2) is 5.89. The van der Waals surface area contributed by atoms with Crippen molar-refractivity contribution in [3.8, 4) is 0 Å². The largest absolute Gasteiger partial charge is 0.409 e. The van der Waals surface area contributed by atoms with E-state index in [1.807, 2.05) is 0 Å². The minimum atomic E-state index is -0.170. The summed E-state index contributed by atoms with van der Waals surface area (Å²) in [6, 6.07) is 0. The second-order valence-electron chi connectivity index (χ2n) is 3.92. The van der Waals surface area contributed by atoms with Crippen LogP contribution in [0.4, 0.5) is 0 Å². The molecule has 1 aromatic heterocycles. The predicted octanol–water partition coefficient (Wildman–Crippen LogP) is -1.15. The lowest BCUT2D eigenvalue weighted by molar-refractivity contribution is -0.134. The first-order valence-electron chi connectivity index (χ1n) is 5.51. The lowest BCUT2D eigenvalue weighted by Crippen LogP contribution is -2.52. The highest BCUT2D eigenvalue weighted by atomic mass is 32.2. The van der Waals surface area contributed by atoms with Gasteiger partial charge in [0.1, 0.15) is 0 Å². The van der Waals surface area contributed by atoms with E-state index in [1.54, 1.807) is 4.90 Å². The normalized spacial score (nSPS) is 16.5. The molecule has 19 heavy (non-hydrogen) atoms. The van der Waals surface area contributed by atoms with Crippen molar-refractivity contribution in [2.75, 3.05) is 19.7 Å². The van der Waals surface area contributed by atoms with Crippen LogP contribution in [0.2, 0.25) is 0 Å². The Bertz CT molecular complexity index is 485. The molecule has 2 rings (SSSR count). The monoisotopic (exact) mass is 287 g/mol. The summed E-state index contributed by atoms with van der Waals surface area (Å²) in [4.78, 5) is 13.1. The molecule has 9 nitrogen and oxygen atoms in total. The molecule has 104 valence electrons. The lowest BCUT2D eigenvalue weighted by atomic mass is 10.2. The number of hydrogen-bond donors (Lipinski definition) is 3. The molecule has 1 aromatic rings. The zero-order valence-electron chi connectivity index (χ0n) is 9.89. The first-order chi connectivity index (χ1) is 9.15. The van der Waals surface area contributed by atoms with Gasteiger partial charge in [-0.1, -0.05) is 16.9 Å². The van der Waals surface area contributed by atoms with Gasteiger partial charge in [-0.3, -0.25) is 4.79 Å². The number of aliphatic hydroxyl groups excluding tert-OH is 1. The van der Waals surface area contributed by atoms with E-state index in [0.29, 0.717) is 18.1 Å². The molecule has 4 N–H and O–H groups in total. The maximum atomic E-state index is 11.4. The van der Waals surface area contributed by atoms with Crippen LogP contribution in [0.5, 0.6) is 0 Å². The Kier molecular flexibility index (Phi) is 4.22. The van der Waals surface area contributed by atoms with E-state index in [4.69, 9.17) is 16.0 Å². The van der Waals surface area contributed by atoms with Crippen molar-refractivity contribution in [1.82, 2.24) is 15.2 Å². The number of amidine groups is 1. The number of rotatable bonds is 5. The molecule has 0 aromatic carbocycles. The van der Waals surface area contributed by atoms with Gasteiger partial charge < -0.3 is 20.9 Å². The number of amides is 1. The molecule has 1 fully saturated rings. The van der Waals surface area contributed by atoms with Gasteiger partial charge in [0.15, 0.2) is 16.6 Å². The molecule has 10 heteroatoms. The fourth-order valence-corrected chi connectivity index (χ4v) is 2.74. The first-order valence-corrected chi connectivity index (χ1v) is 6.39. The molecular weight excluding hydrogens is 274 g/mol. The third kappa shape index (κ3) is 2.96. The minimum absolute atomic E-state index is 0.0747. The van der Waals surface area contributed by atoms with E-state index < -0.39 is 0 Å². The summed E-state index contributed by atoms with van der Waals surface area (Å²) in [5, 5.41) is 27.9. The van der Waals surface area contributed by atoms with E-state index in [2.05, 4.69) is 20.1 Å². The summed E-state index contributed by atoms with van der Waals surface area (Å²) in [6.07, 6.45) is 0.137. The van der Waals surface area contributed by atoms with E-state index in [0.717, 1.165) is 0 Å². The van der Waals surface area contributed by atoms with Gasteiger partial charge in [0.2, 0.25) is 5.91 Å². The molecule has 0 unspecified atom stereocenters. The number of likely N-dealkylation sites (tertiary alicyclic amines) is 1. The summed E-state index contributed by atoms with van der Waals surface area (Å²) < 4.78 is 4.54. The van der Waals surface area contributed by atoms with E-state index in [9.17, 15) is 4.79 Å². The topological polar surface area (TPSA) is 138 Å². The smallest absolute Gasteiger partial charge is 0.224 e. The van der Waals surface area contributed by atoms with Gasteiger partial charge in [-0.05, 0) is 10.3 Å². The number of thioether (sulfide) groups is 1. The van der Waals surface area contributed by atoms with Crippen molar-refractivity contribution >= 4 is 23.5 Å². The Balaban J connectivity index is 1.88. The van der Waals surface area contributed by atoms with Crippen LogP contribution >= 0.6 is 11.8 Å². The Hall–Kier alpha value is -1.81. The SMILES string of the molecule is N/C(=N\O)c1nonc1SC1CN(C(=O)CCO)C1. The van der Waals surface area contributed by atoms with Crippen LogP contribution in [0.15, 0.2) is 14.8 Å². The molecule has 0 aliphatic carbocycles. The van der Waals surface area contributed by atoms with Gasteiger partial charge in [-0.2, -0.15) is 0 Å². The van der Waals surface area contributed by atoms with Crippen LogP contribution in [-0.4, -0.2) is 62.2 Å². The van der Waals surface area contributed by atoms with Crippen LogP contribution in [0.3, 0.4) is 0 Å². The van der Waals surface area contributed by atoms with Gasteiger partial charge in [-0.15, -0.1) is 0 Å². The van der Waals surface area contributed by atoms with Crippen LogP contribution in [0.25, 0.3) is 0 Å². The second-order valence-corrected chi connectivity index (χ2v) is 5.20. The zero-order valence-corrected chi connectivity index (χ0v) is 10.7. The standard InChI is InChI=1S/C9H13N5O4S/c10-8(11-17)7-9(13-18-12-7)19-5-3-14(4-5)6(16)1-2-15/h5,15,17H,1-4H2,(H2,10,11). The number of aromatic nitrogens is 2. The first kappa shape index (κ1) is 13.6. The Labute approximate surface area is 112 Å². The molecule has 1 aliphatic rings. The quantitative estimate of drug-likeness (QED) is 0.267. The summed E-state index contributed by atoms with van der Waals surface area (Å²) in [5.74, 6) is -0.245. The van der Waals surface area contributed by atoms with Crippen LogP contribution < -0.4 is 5.73 Å². The van der Waals surface area contributed by atoms with Crippen molar-refractivity contribution in [2.24, 2.45) is 10.9 Å². The van der Waals surface area contributed by atoms with Crippen molar-refractivity contribution in [1.29, 1.82) is 0 Å². The molecule has 1 saturated heterocycles. The minimum Gasteiger partial charge on any atom is -0.409 e. The molecular formula is C9H13N5O4S. The van der Waals surface area contributed by atoms with Gasteiger partial charge in [0.05, 0.1) is 6.61 Å². The fourth-order valence-electron chi connectivity index (χ4n) is 1.59. The Morgan fingerprint density at radius 3 is 2.95 bits per heavy atom. The number of oxime groups is 1. The number of hydrogen-bond acceptors (Lipinski definition) is 8. The van der Waals surface area contributed by atoms with Gasteiger partial charge in [-0.25, -0.2) is 4.63 Å².